The molecule has 0 fully saturated rings. The fourth-order valence-corrected chi connectivity index (χ4v) is 5.66. The first kappa shape index (κ1) is 31.1. The number of hydrogen-bond acceptors (Lipinski definition) is 7. The van der Waals surface area contributed by atoms with Crippen molar-refractivity contribution in [2.24, 2.45) is 5.92 Å². The maximum Gasteiger partial charge on any atom is 0.273 e. The number of benzene rings is 3. The third-order valence-corrected chi connectivity index (χ3v) is 8.35. The predicted octanol–water partition coefficient (Wildman–Crippen LogP) is 6.98. The van der Waals surface area contributed by atoms with Crippen molar-refractivity contribution >= 4 is 17.5 Å². The van der Waals surface area contributed by atoms with E-state index in [4.69, 9.17) is 30.5 Å². The Morgan fingerprint density at radius 3 is 2.39 bits per heavy atom. The maximum atomic E-state index is 14.0. The molecular formula is C34H38ClN3O6. The summed E-state index contributed by atoms with van der Waals surface area (Å²) in [6.45, 7) is 7.08. The van der Waals surface area contributed by atoms with Crippen molar-refractivity contribution in [3.05, 3.63) is 81.5 Å². The number of aromatic nitrogens is 2. The lowest BCUT2D eigenvalue weighted by Crippen LogP contribution is -2.31. The Morgan fingerprint density at radius 1 is 0.977 bits per heavy atom. The van der Waals surface area contributed by atoms with Gasteiger partial charge in [0.15, 0.2) is 23.0 Å². The molecule has 1 aromatic heterocycles. The minimum absolute atomic E-state index is 0.0302. The van der Waals surface area contributed by atoms with Crippen LogP contribution in [0.2, 0.25) is 5.02 Å². The zero-order chi connectivity index (χ0) is 31.5. The molecule has 10 heteroatoms. The Morgan fingerprint density at radius 2 is 1.68 bits per heavy atom. The summed E-state index contributed by atoms with van der Waals surface area (Å²) in [7, 11) is 4.79. The molecule has 1 atom stereocenters. The van der Waals surface area contributed by atoms with Crippen LogP contribution in [0.4, 0.5) is 0 Å². The number of ether oxygens (including phenoxy) is 4. The molecule has 1 aliphatic rings. The van der Waals surface area contributed by atoms with Gasteiger partial charge in [-0.1, -0.05) is 37.6 Å². The lowest BCUT2D eigenvalue weighted by Gasteiger charge is -2.27. The van der Waals surface area contributed by atoms with Gasteiger partial charge in [-0.15, -0.1) is 0 Å². The number of nitrogens with one attached hydrogen (secondary N) is 1. The van der Waals surface area contributed by atoms with Crippen LogP contribution in [-0.2, 0) is 6.42 Å². The van der Waals surface area contributed by atoms with Crippen LogP contribution in [0.1, 0.15) is 59.1 Å². The Labute approximate surface area is 262 Å². The van der Waals surface area contributed by atoms with Gasteiger partial charge in [-0.3, -0.25) is 9.89 Å². The number of nitrogens with zero attached hydrogens (tertiary/aromatic N) is 2. The van der Waals surface area contributed by atoms with Crippen LogP contribution in [0, 0.1) is 12.8 Å². The number of rotatable bonds is 12. The van der Waals surface area contributed by atoms with Crippen molar-refractivity contribution < 1.29 is 28.8 Å². The second-order valence-corrected chi connectivity index (χ2v) is 11.7. The Hall–Kier alpha value is -4.37. The topological polar surface area (TPSA) is 106 Å². The minimum atomic E-state index is -0.524. The molecule has 2 N–H and O–H groups in total. The van der Waals surface area contributed by atoms with Crippen LogP contribution in [0.5, 0.6) is 28.7 Å². The first-order valence-corrected chi connectivity index (χ1v) is 14.9. The van der Waals surface area contributed by atoms with Crippen molar-refractivity contribution in [3.63, 3.8) is 0 Å². The van der Waals surface area contributed by atoms with E-state index in [1.807, 2.05) is 48.2 Å². The zero-order valence-electron chi connectivity index (χ0n) is 25.9. The van der Waals surface area contributed by atoms with Gasteiger partial charge in [0.1, 0.15) is 17.1 Å². The molecule has 44 heavy (non-hydrogen) atoms. The Balaban J connectivity index is 1.56. The molecule has 0 spiro atoms. The summed E-state index contributed by atoms with van der Waals surface area (Å²) in [6.07, 6.45) is 1.47. The maximum absolute atomic E-state index is 14.0. The second-order valence-electron chi connectivity index (χ2n) is 11.3. The molecule has 1 amide bonds. The van der Waals surface area contributed by atoms with Crippen LogP contribution < -0.4 is 18.9 Å². The molecular weight excluding hydrogens is 582 g/mol. The molecule has 0 saturated heterocycles. The first-order chi connectivity index (χ1) is 21.2. The van der Waals surface area contributed by atoms with Gasteiger partial charge in [-0.2, -0.15) is 5.10 Å². The summed E-state index contributed by atoms with van der Waals surface area (Å²) in [5.41, 5.74) is 4.47. The van der Waals surface area contributed by atoms with Crippen molar-refractivity contribution in [3.8, 4) is 40.0 Å². The summed E-state index contributed by atoms with van der Waals surface area (Å²) < 4.78 is 22.7. The number of aromatic amines is 1. The summed E-state index contributed by atoms with van der Waals surface area (Å²) in [5, 5.41) is 18.9. The average molecular weight is 620 g/mol. The van der Waals surface area contributed by atoms with Crippen molar-refractivity contribution in [2.45, 2.75) is 39.7 Å². The summed E-state index contributed by atoms with van der Waals surface area (Å²) in [6, 6.07) is 14.2. The molecule has 3 aromatic carbocycles. The van der Waals surface area contributed by atoms with E-state index in [-0.39, 0.29) is 11.7 Å². The van der Waals surface area contributed by atoms with Crippen LogP contribution in [-0.4, -0.2) is 60.6 Å². The number of phenols is 1. The number of aryl methyl sites for hydroxylation is 1. The van der Waals surface area contributed by atoms with Gasteiger partial charge < -0.3 is 29.0 Å². The van der Waals surface area contributed by atoms with Gasteiger partial charge in [-0.05, 0) is 78.8 Å². The van der Waals surface area contributed by atoms with E-state index in [9.17, 15) is 9.90 Å². The summed E-state index contributed by atoms with van der Waals surface area (Å²) >= 11 is 6.47. The Kier molecular flexibility index (Phi) is 9.25. The number of hydrogen-bond donors (Lipinski definition) is 2. The van der Waals surface area contributed by atoms with E-state index in [0.717, 1.165) is 23.1 Å². The highest BCUT2D eigenvalue weighted by Crippen LogP contribution is 2.46. The van der Waals surface area contributed by atoms with Crippen LogP contribution >= 0.6 is 11.6 Å². The van der Waals surface area contributed by atoms with Gasteiger partial charge >= 0.3 is 0 Å². The lowest BCUT2D eigenvalue weighted by atomic mass is 9.94. The number of phenolic OH excluding ortho intramolecular Hbond substituents is 1. The normalized spacial score (nSPS) is 14.2. The second kappa shape index (κ2) is 13.1. The van der Waals surface area contributed by atoms with Crippen molar-refractivity contribution in [1.29, 1.82) is 0 Å². The minimum Gasteiger partial charge on any atom is -0.507 e. The SMILES string of the molecule is COc1ccc(CCN2C(=O)c3[nH]nc(-c4cc(Cl)c(C)cc4O)c3C2c2ccc(OCCC(C)C)c(OC)c2)cc1OC. The van der Waals surface area contributed by atoms with Crippen molar-refractivity contribution in [2.75, 3.05) is 34.5 Å². The summed E-state index contributed by atoms with van der Waals surface area (Å²) in [5.74, 6) is 2.80. The molecule has 9 nitrogen and oxygen atoms in total. The number of amides is 1. The summed E-state index contributed by atoms with van der Waals surface area (Å²) in [4.78, 5) is 15.8. The third kappa shape index (κ3) is 6.01. The number of aromatic hydroxyl groups is 1. The Bertz CT molecular complexity index is 1670. The van der Waals surface area contributed by atoms with E-state index in [1.54, 1.807) is 33.5 Å². The molecule has 2 heterocycles. The molecule has 5 rings (SSSR count). The number of H-pyrrole nitrogens is 1. The molecule has 0 bridgehead atoms. The third-order valence-electron chi connectivity index (χ3n) is 7.94. The zero-order valence-corrected chi connectivity index (χ0v) is 26.6. The van der Waals surface area contributed by atoms with E-state index in [2.05, 4.69) is 24.0 Å². The highest BCUT2D eigenvalue weighted by atomic mass is 35.5. The smallest absolute Gasteiger partial charge is 0.273 e. The molecule has 0 radical (unpaired) electrons. The number of methoxy groups -OCH3 is 3. The number of halogens is 1. The molecule has 1 aliphatic heterocycles. The van der Waals surface area contributed by atoms with Gasteiger partial charge in [-0.25, -0.2) is 0 Å². The van der Waals surface area contributed by atoms with Crippen molar-refractivity contribution in [1.82, 2.24) is 15.1 Å². The highest BCUT2D eigenvalue weighted by molar-refractivity contribution is 6.31. The van der Waals surface area contributed by atoms with E-state index in [1.165, 1.54) is 0 Å². The number of fused-ring (bicyclic) bond motifs is 1. The van der Waals surface area contributed by atoms with Gasteiger partial charge in [0.25, 0.3) is 5.91 Å². The monoisotopic (exact) mass is 619 g/mol. The molecule has 1 unspecified atom stereocenters. The standard InChI is InChI=1S/C34H38ClN3O6/c1-19(2)12-14-44-27-10-8-22(17-29(27)43-6)33-30-31(23-18-24(35)20(3)15-25(23)39)36-37-32(30)34(40)38(33)13-11-21-7-9-26(41-4)28(16-21)42-5/h7-10,15-19,33,39H,11-14H2,1-6H3,(H,36,37). The molecule has 0 saturated carbocycles. The van der Waals surface area contributed by atoms with Crippen LogP contribution in [0.25, 0.3) is 11.3 Å². The largest absolute Gasteiger partial charge is 0.507 e. The predicted molar refractivity (Wildman–Crippen MR) is 170 cm³/mol. The van der Waals surface area contributed by atoms with Crippen LogP contribution in [0.3, 0.4) is 0 Å². The quantitative estimate of drug-likeness (QED) is 0.176. The van der Waals surface area contributed by atoms with Crippen LogP contribution in [0.15, 0.2) is 48.5 Å². The fourth-order valence-electron chi connectivity index (χ4n) is 5.50. The van der Waals surface area contributed by atoms with Gasteiger partial charge in [0, 0.05) is 22.7 Å². The molecule has 0 aliphatic carbocycles. The first-order valence-electron chi connectivity index (χ1n) is 14.6. The number of carbonyl (C=O) groups excluding carboxylic acids is 1. The molecule has 232 valence electrons. The van der Waals surface area contributed by atoms with E-state index in [0.29, 0.717) is 76.0 Å². The van der Waals surface area contributed by atoms with E-state index >= 15 is 0 Å². The lowest BCUT2D eigenvalue weighted by molar-refractivity contribution is 0.0745. The fraction of sp³-hybridized carbons (Fsp3) is 0.353. The van der Waals surface area contributed by atoms with Gasteiger partial charge in [0.05, 0.1) is 34.0 Å². The highest BCUT2D eigenvalue weighted by Gasteiger charge is 2.42. The number of carbonyl (C=O) groups is 1. The van der Waals surface area contributed by atoms with Gasteiger partial charge in [0.2, 0.25) is 0 Å². The van der Waals surface area contributed by atoms with E-state index < -0.39 is 6.04 Å². The average Bonchev–Trinajstić information content (AvgIpc) is 3.56. The molecule has 4 aromatic rings.